The third-order valence-corrected chi connectivity index (χ3v) is 4.40. The summed E-state index contributed by atoms with van der Waals surface area (Å²) in [6.45, 7) is 0.862. The number of ether oxygens (including phenoxy) is 4. The first-order valence-electron chi connectivity index (χ1n) is 8.83. The quantitative estimate of drug-likeness (QED) is 0.784. The summed E-state index contributed by atoms with van der Waals surface area (Å²) in [6.07, 6.45) is 3.23. The minimum absolute atomic E-state index is 0.118. The zero-order valence-electron chi connectivity index (χ0n) is 16.3. The number of carbonyl (C=O) groups excluding carboxylic acids is 1. The van der Waals surface area contributed by atoms with Crippen LogP contribution in [0.25, 0.3) is 0 Å². The van der Waals surface area contributed by atoms with Crippen molar-refractivity contribution in [1.82, 2.24) is 14.9 Å². The van der Waals surface area contributed by atoms with Crippen molar-refractivity contribution in [3.63, 3.8) is 0 Å². The maximum atomic E-state index is 12.7. The second-order valence-electron chi connectivity index (χ2n) is 6.14. The molecule has 0 saturated carbocycles. The number of methoxy groups -OCH3 is 3. The van der Waals surface area contributed by atoms with Crippen LogP contribution in [0.15, 0.2) is 24.5 Å². The molecule has 10 heteroatoms. The number of anilines is 1. The number of amides is 2. The Bertz CT molecular complexity index is 904. The Balaban J connectivity index is 1.66. The topological polar surface area (TPSA) is 119 Å². The highest BCUT2D eigenvalue weighted by molar-refractivity contribution is 5.90. The lowest BCUT2D eigenvalue weighted by atomic mass is 10.2. The summed E-state index contributed by atoms with van der Waals surface area (Å²) in [5, 5.41) is 11.9. The lowest BCUT2D eigenvalue weighted by molar-refractivity contribution is 0.189. The molecule has 1 aliphatic rings. The number of nitrogens with zero attached hydrogens (tertiary/aromatic N) is 4. The zero-order chi connectivity index (χ0) is 20.8. The molecular formula is C19H21N5O5. The molecule has 2 aromatic rings. The SMILES string of the molecule is COc1cc(NC(=O)N2CCC(Oc3nccnc3C#N)C2)cc(OC)c1OC. The number of benzene rings is 1. The molecule has 0 spiro atoms. The fourth-order valence-electron chi connectivity index (χ4n) is 3.01. The number of likely N-dealkylation sites (tertiary alicyclic amines) is 1. The lowest BCUT2D eigenvalue weighted by Gasteiger charge is -2.19. The predicted octanol–water partition coefficient (Wildman–Crippen LogP) is 2.06. The largest absolute Gasteiger partial charge is 0.493 e. The number of urea groups is 1. The fraction of sp³-hybridized carbons (Fsp3) is 0.368. The van der Waals surface area contributed by atoms with Crippen molar-refractivity contribution in [3.05, 3.63) is 30.2 Å². The second kappa shape index (κ2) is 8.97. The van der Waals surface area contributed by atoms with Crippen molar-refractivity contribution < 1.29 is 23.7 Å². The Morgan fingerprint density at radius 3 is 2.48 bits per heavy atom. The lowest BCUT2D eigenvalue weighted by Crippen LogP contribution is -2.34. The summed E-state index contributed by atoms with van der Waals surface area (Å²) in [5.41, 5.74) is 0.627. The van der Waals surface area contributed by atoms with Gasteiger partial charge in [0.05, 0.1) is 33.6 Å². The molecule has 1 aromatic carbocycles. The third kappa shape index (κ3) is 4.40. The summed E-state index contributed by atoms with van der Waals surface area (Å²) < 4.78 is 21.6. The molecule has 2 amide bonds. The Morgan fingerprint density at radius 2 is 1.86 bits per heavy atom. The van der Waals surface area contributed by atoms with Gasteiger partial charge in [-0.2, -0.15) is 5.26 Å². The van der Waals surface area contributed by atoms with E-state index in [0.29, 0.717) is 42.4 Å². The molecule has 2 heterocycles. The molecule has 1 aliphatic heterocycles. The molecule has 1 fully saturated rings. The number of rotatable bonds is 6. The molecule has 1 aromatic heterocycles. The van der Waals surface area contributed by atoms with Gasteiger partial charge in [0, 0.05) is 37.5 Å². The molecule has 1 atom stereocenters. The van der Waals surface area contributed by atoms with Crippen molar-refractivity contribution >= 4 is 11.7 Å². The van der Waals surface area contributed by atoms with Gasteiger partial charge in [-0.15, -0.1) is 0 Å². The first-order valence-corrected chi connectivity index (χ1v) is 8.83. The molecule has 10 nitrogen and oxygen atoms in total. The molecule has 29 heavy (non-hydrogen) atoms. The molecule has 152 valence electrons. The van der Waals surface area contributed by atoms with E-state index >= 15 is 0 Å². The van der Waals surface area contributed by atoms with E-state index in [2.05, 4.69) is 15.3 Å². The van der Waals surface area contributed by atoms with Gasteiger partial charge in [-0.1, -0.05) is 0 Å². The fourth-order valence-corrected chi connectivity index (χ4v) is 3.01. The van der Waals surface area contributed by atoms with Crippen molar-refractivity contribution in [2.24, 2.45) is 0 Å². The van der Waals surface area contributed by atoms with Crippen LogP contribution >= 0.6 is 0 Å². The van der Waals surface area contributed by atoms with Gasteiger partial charge in [0.25, 0.3) is 5.88 Å². The monoisotopic (exact) mass is 399 g/mol. The summed E-state index contributed by atoms with van der Waals surface area (Å²) in [6, 6.07) is 4.96. The van der Waals surface area contributed by atoms with Gasteiger partial charge >= 0.3 is 6.03 Å². The summed E-state index contributed by atoms with van der Waals surface area (Å²) in [4.78, 5) is 22.2. The number of aromatic nitrogens is 2. The van der Waals surface area contributed by atoms with Crippen LogP contribution in [0.2, 0.25) is 0 Å². The van der Waals surface area contributed by atoms with Crippen LogP contribution in [0.5, 0.6) is 23.1 Å². The first-order chi connectivity index (χ1) is 14.1. The van der Waals surface area contributed by atoms with Gasteiger partial charge in [0.2, 0.25) is 11.4 Å². The Hall–Kier alpha value is -3.74. The van der Waals surface area contributed by atoms with E-state index in [0.717, 1.165) is 0 Å². The highest BCUT2D eigenvalue weighted by atomic mass is 16.5. The van der Waals surface area contributed by atoms with Crippen LogP contribution in [0.4, 0.5) is 10.5 Å². The average molecular weight is 399 g/mol. The van der Waals surface area contributed by atoms with E-state index in [1.807, 2.05) is 6.07 Å². The highest BCUT2D eigenvalue weighted by Crippen LogP contribution is 2.40. The number of nitrogens with one attached hydrogen (secondary N) is 1. The average Bonchev–Trinajstić information content (AvgIpc) is 3.22. The van der Waals surface area contributed by atoms with Gasteiger partial charge in [-0.25, -0.2) is 14.8 Å². The van der Waals surface area contributed by atoms with Crippen LogP contribution in [-0.4, -0.2) is 61.4 Å². The minimum Gasteiger partial charge on any atom is -0.493 e. The second-order valence-corrected chi connectivity index (χ2v) is 6.14. The zero-order valence-corrected chi connectivity index (χ0v) is 16.3. The molecule has 0 aliphatic carbocycles. The first kappa shape index (κ1) is 20.0. The Labute approximate surface area is 168 Å². The van der Waals surface area contributed by atoms with E-state index < -0.39 is 0 Å². The van der Waals surface area contributed by atoms with Crippen molar-refractivity contribution in [1.29, 1.82) is 5.26 Å². The van der Waals surface area contributed by atoms with Gasteiger partial charge in [0.15, 0.2) is 11.5 Å². The third-order valence-electron chi connectivity index (χ3n) is 4.40. The van der Waals surface area contributed by atoms with Crippen molar-refractivity contribution in [2.75, 3.05) is 39.7 Å². The van der Waals surface area contributed by atoms with E-state index in [1.165, 1.54) is 33.7 Å². The molecule has 3 rings (SSSR count). The summed E-state index contributed by atoms with van der Waals surface area (Å²) >= 11 is 0. The standard InChI is InChI=1S/C19H21N5O5/c1-26-15-8-12(9-16(27-2)17(15)28-3)23-19(25)24-7-4-13(11-24)29-18-14(10-20)21-5-6-22-18/h5-6,8-9,13H,4,7,11H2,1-3H3,(H,23,25). The van der Waals surface area contributed by atoms with Gasteiger partial charge in [-0.3, -0.25) is 0 Å². The van der Waals surface area contributed by atoms with E-state index in [4.69, 9.17) is 24.2 Å². The van der Waals surface area contributed by atoms with E-state index in [9.17, 15) is 4.79 Å². The summed E-state index contributed by atoms with van der Waals surface area (Å²) in [7, 11) is 4.53. The van der Waals surface area contributed by atoms with Crippen LogP contribution < -0.4 is 24.3 Å². The smallest absolute Gasteiger partial charge is 0.321 e. The van der Waals surface area contributed by atoms with Crippen LogP contribution in [0.3, 0.4) is 0 Å². The summed E-state index contributed by atoms with van der Waals surface area (Å²) in [5.74, 6) is 1.50. The minimum atomic E-state index is -0.287. The molecular weight excluding hydrogens is 378 g/mol. The van der Waals surface area contributed by atoms with Gasteiger partial charge in [-0.05, 0) is 0 Å². The number of hydrogen-bond acceptors (Lipinski definition) is 8. The van der Waals surface area contributed by atoms with Crippen LogP contribution in [0.1, 0.15) is 12.1 Å². The van der Waals surface area contributed by atoms with Crippen molar-refractivity contribution in [3.8, 4) is 29.2 Å². The maximum absolute atomic E-state index is 12.7. The number of hydrogen-bond donors (Lipinski definition) is 1. The molecule has 1 unspecified atom stereocenters. The van der Waals surface area contributed by atoms with Gasteiger partial charge < -0.3 is 29.2 Å². The highest BCUT2D eigenvalue weighted by Gasteiger charge is 2.29. The number of carbonyl (C=O) groups is 1. The predicted molar refractivity (Wildman–Crippen MR) is 102 cm³/mol. The number of nitriles is 1. The molecule has 1 saturated heterocycles. The van der Waals surface area contributed by atoms with Crippen LogP contribution in [0, 0.1) is 11.3 Å². The Morgan fingerprint density at radius 1 is 1.17 bits per heavy atom. The molecule has 1 N–H and O–H groups in total. The normalized spacial score (nSPS) is 15.4. The van der Waals surface area contributed by atoms with Gasteiger partial charge in [0.1, 0.15) is 12.2 Å². The van der Waals surface area contributed by atoms with Crippen LogP contribution in [-0.2, 0) is 0 Å². The Kier molecular flexibility index (Phi) is 6.19. The van der Waals surface area contributed by atoms with Crippen molar-refractivity contribution in [2.45, 2.75) is 12.5 Å². The van der Waals surface area contributed by atoms with E-state index in [1.54, 1.807) is 17.0 Å². The molecule has 0 radical (unpaired) electrons. The molecule has 0 bridgehead atoms. The maximum Gasteiger partial charge on any atom is 0.321 e. The van der Waals surface area contributed by atoms with E-state index in [-0.39, 0.29) is 23.7 Å².